The van der Waals surface area contributed by atoms with Gasteiger partial charge in [-0.3, -0.25) is 9.10 Å². The van der Waals surface area contributed by atoms with Gasteiger partial charge in [0.25, 0.3) is 0 Å². The Labute approximate surface area is 160 Å². The Morgan fingerprint density at radius 3 is 2.23 bits per heavy atom. The van der Waals surface area contributed by atoms with Crippen molar-refractivity contribution in [2.45, 2.75) is 33.2 Å². The summed E-state index contributed by atoms with van der Waals surface area (Å²) in [5.74, 6) is -0.379. The lowest BCUT2D eigenvalue weighted by Crippen LogP contribution is -2.47. The van der Waals surface area contributed by atoms with Gasteiger partial charge in [0.1, 0.15) is 6.04 Å². The minimum absolute atomic E-state index is 0.316. The van der Waals surface area contributed by atoms with Crippen LogP contribution in [-0.2, 0) is 14.8 Å². The number of nitrogens with zero attached hydrogens (tertiary/aromatic N) is 1. The van der Waals surface area contributed by atoms with Crippen LogP contribution in [0.2, 0.25) is 5.02 Å². The van der Waals surface area contributed by atoms with Gasteiger partial charge in [0.2, 0.25) is 15.9 Å². The van der Waals surface area contributed by atoms with Crippen LogP contribution in [0.5, 0.6) is 0 Å². The Balaban J connectivity index is 2.43. The maximum Gasteiger partial charge on any atom is 0.248 e. The summed E-state index contributed by atoms with van der Waals surface area (Å²) in [7, 11) is -3.69. The van der Waals surface area contributed by atoms with E-state index in [0.29, 0.717) is 22.8 Å². The Hall–Kier alpha value is -2.05. The van der Waals surface area contributed by atoms with E-state index in [0.717, 1.165) is 21.7 Å². The van der Waals surface area contributed by atoms with Gasteiger partial charge in [-0.25, -0.2) is 8.42 Å². The topological polar surface area (TPSA) is 66.5 Å². The molecule has 7 heteroatoms. The van der Waals surface area contributed by atoms with Crippen molar-refractivity contribution in [1.29, 1.82) is 0 Å². The van der Waals surface area contributed by atoms with Crippen LogP contribution < -0.4 is 9.62 Å². The number of amides is 1. The van der Waals surface area contributed by atoms with Crippen molar-refractivity contribution in [2.75, 3.05) is 15.9 Å². The van der Waals surface area contributed by atoms with Crippen molar-refractivity contribution < 1.29 is 13.2 Å². The normalized spacial score (nSPS) is 12.5. The molecule has 0 aliphatic heterocycles. The molecule has 140 valence electrons. The Morgan fingerprint density at radius 1 is 1.15 bits per heavy atom. The summed E-state index contributed by atoms with van der Waals surface area (Å²) in [5.41, 5.74) is 2.91. The predicted octanol–water partition coefficient (Wildman–Crippen LogP) is 4.14. The first-order chi connectivity index (χ1) is 12.1. The van der Waals surface area contributed by atoms with E-state index >= 15 is 0 Å². The van der Waals surface area contributed by atoms with Gasteiger partial charge in [-0.1, -0.05) is 42.8 Å². The summed E-state index contributed by atoms with van der Waals surface area (Å²) in [6.45, 7) is 5.57. The number of aryl methyl sites for hydroxylation is 2. The maximum atomic E-state index is 12.9. The molecule has 1 amide bonds. The van der Waals surface area contributed by atoms with Crippen LogP contribution in [0.4, 0.5) is 11.4 Å². The van der Waals surface area contributed by atoms with Gasteiger partial charge >= 0.3 is 0 Å². The zero-order valence-electron chi connectivity index (χ0n) is 15.3. The second kappa shape index (κ2) is 8.10. The molecule has 0 aliphatic carbocycles. The van der Waals surface area contributed by atoms with Gasteiger partial charge < -0.3 is 5.32 Å². The number of carbonyl (C=O) groups is 1. The molecule has 26 heavy (non-hydrogen) atoms. The van der Waals surface area contributed by atoms with Crippen molar-refractivity contribution >= 4 is 38.9 Å². The van der Waals surface area contributed by atoms with Crippen molar-refractivity contribution in [3.8, 4) is 0 Å². The fraction of sp³-hybridized carbons (Fsp3) is 0.316. The number of rotatable bonds is 6. The average molecular weight is 395 g/mol. The highest BCUT2D eigenvalue weighted by molar-refractivity contribution is 7.92. The molecule has 2 aromatic rings. The van der Waals surface area contributed by atoms with Crippen LogP contribution in [0, 0.1) is 13.8 Å². The fourth-order valence-electron chi connectivity index (χ4n) is 2.89. The smallest absolute Gasteiger partial charge is 0.248 e. The summed E-state index contributed by atoms with van der Waals surface area (Å²) >= 11 is 6.02. The van der Waals surface area contributed by atoms with Crippen molar-refractivity contribution in [1.82, 2.24) is 0 Å². The lowest BCUT2D eigenvalue weighted by Gasteiger charge is -2.30. The maximum absolute atomic E-state index is 12.9. The van der Waals surface area contributed by atoms with Crippen LogP contribution >= 0.6 is 11.6 Å². The van der Waals surface area contributed by atoms with Gasteiger partial charge in [-0.2, -0.15) is 0 Å². The van der Waals surface area contributed by atoms with Crippen LogP contribution in [0.3, 0.4) is 0 Å². The number of carbonyl (C=O) groups excluding carboxylic acids is 1. The number of sulfonamides is 1. The molecule has 0 aliphatic rings. The summed E-state index contributed by atoms with van der Waals surface area (Å²) in [6, 6.07) is 11.3. The number of hydrogen-bond donors (Lipinski definition) is 1. The van der Waals surface area contributed by atoms with Gasteiger partial charge in [0, 0.05) is 10.7 Å². The SMILES string of the molecule is CCC(C(=O)Nc1c(C)cccc1C)N(c1cccc(Cl)c1)S(C)(=O)=O. The van der Waals surface area contributed by atoms with Gasteiger partial charge in [-0.05, 0) is 49.6 Å². The molecule has 2 aromatic carbocycles. The largest absolute Gasteiger partial charge is 0.324 e. The third-order valence-electron chi connectivity index (χ3n) is 4.12. The lowest BCUT2D eigenvalue weighted by molar-refractivity contribution is -0.117. The van der Waals surface area contributed by atoms with E-state index in [1.807, 2.05) is 32.0 Å². The van der Waals surface area contributed by atoms with Gasteiger partial charge in [0.05, 0.1) is 11.9 Å². The predicted molar refractivity (Wildman–Crippen MR) is 107 cm³/mol. The Kier molecular flexibility index (Phi) is 6.31. The molecule has 0 radical (unpaired) electrons. The molecular weight excluding hydrogens is 372 g/mol. The highest BCUT2D eigenvalue weighted by atomic mass is 35.5. The van der Waals surface area contributed by atoms with Crippen LogP contribution in [-0.4, -0.2) is 26.6 Å². The molecule has 0 spiro atoms. The van der Waals surface area contributed by atoms with E-state index in [1.54, 1.807) is 25.1 Å². The number of hydrogen-bond acceptors (Lipinski definition) is 3. The summed E-state index contributed by atoms with van der Waals surface area (Å²) in [4.78, 5) is 12.9. The summed E-state index contributed by atoms with van der Waals surface area (Å²) < 4.78 is 26.0. The zero-order chi connectivity index (χ0) is 19.5. The monoisotopic (exact) mass is 394 g/mol. The summed E-state index contributed by atoms with van der Waals surface area (Å²) in [6.07, 6.45) is 1.40. The number of halogens is 1. The molecule has 0 aromatic heterocycles. The van der Waals surface area contributed by atoms with E-state index in [9.17, 15) is 13.2 Å². The molecule has 0 heterocycles. The summed E-state index contributed by atoms with van der Waals surface area (Å²) in [5, 5.41) is 3.29. The third kappa shape index (κ3) is 4.56. The van der Waals surface area contributed by atoms with Gasteiger partial charge in [0.15, 0.2) is 0 Å². The first-order valence-electron chi connectivity index (χ1n) is 8.27. The number of nitrogens with one attached hydrogen (secondary N) is 1. The number of para-hydroxylation sites is 1. The second-order valence-electron chi connectivity index (χ2n) is 6.22. The van der Waals surface area contributed by atoms with E-state index in [2.05, 4.69) is 5.32 Å². The van der Waals surface area contributed by atoms with Crippen LogP contribution in [0.1, 0.15) is 24.5 Å². The van der Waals surface area contributed by atoms with E-state index in [1.165, 1.54) is 6.07 Å². The molecule has 0 fully saturated rings. The van der Waals surface area contributed by atoms with Crippen molar-refractivity contribution in [3.05, 3.63) is 58.6 Å². The highest BCUT2D eigenvalue weighted by Crippen LogP contribution is 2.27. The molecule has 1 unspecified atom stereocenters. The van der Waals surface area contributed by atoms with Crippen molar-refractivity contribution in [3.63, 3.8) is 0 Å². The minimum atomic E-state index is -3.69. The molecule has 0 saturated heterocycles. The van der Waals surface area contributed by atoms with E-state index in [4.69, 9.17) is 11.6 Å². The minimum Gasteiger partial charge on any atom is -0.324 e. The Morgan fingerprint density at radius 2 is 1.73 bits per heavy atom. The molecule has 0 saturated carbocycles. The van der Waals surface area contributed by atoms with Gasteiger partial charge in [-0.15, -0.1) is 0 Å². The molecule has 1 atom stereocenters. The number of benzene rings is 2. The number of anilines is 2. The Bertz CT molecular complexity index is 893. The average Bonchev–Trinajstić information content (AvgIpc) is 2.54. The first-order valence-corrected chi connectivity index (χ1v) is 10.5. The zero-order valence-corrected chi connectivity index (χ0v) is 16.9. The molecule has 2 rings (SSSR count). The van der Waals surface area contributed by atoms with E-state index in [-0.39, 0.29) is 5.91 Å². The van der Waals surface area contributed by atoms with Crippen molar-refractivity contribution in [2.24, 2.45) is 0 Å². The molecular formula is C19H23ClN2O3S. The molecule has 5 nitrogen and oxygen atoms in total. The first kappa shape index (κ1) is 20.3. The highest BCUT2D eigenvalue weighted by Gasteiger charge is 2.32. The van der Waals surface area contributed by atoms with E-state index < -0.39 is 16.1 Å². The van der Waals surface area contributed by atoms with Crippen LogP contribution in [0.15, 0.2) is 42.5 Å². The molecule has 1 N–H and O–H groups in total. The third-order valence-corrected chi connectivity index (χ3v) is 5.54. The quantitative estimate of drug-likeness (QED) is 0.800. The standard InChI is InChI=1S/C19H23ClN2O3S/c1-5-17(19(23)21-18-13(2)8-6-9-14(18)3)22(26(4,24)25)16-11-7-10-15(20)12-16/h6-12,17H,5H2,1-4H3,(H,21,23). The lowest BCUT2D eigenvalue weighted by atomic mass is 10.1. The van der Waals surface area contributed by atoms with Crippen LogP contribution in [0.25, 0.3) is 0 Å². The fourth-order valence-corrected chi connectivity index (χ4v) is 4.28. The second-order valence-corrected chi connectivity index (χ2v) is 8.51. The molecule has 0 bridgehead atoms.